The number of nitrogens with zero attached hydrogens (tertiary/aromatic N) is 3. The summed E-state index contributed by atoms with van der Waals surface area (Å²) in [6, 6.07) is 4.83. The average Bonchev–Trinajstić information content (AvgIpc) is 2.65. The number of rotatable bonds is 1. The number of nitrogens with two attached hydrogens (primary N) is 1. The molecule has 0 amide bonds. The molecule has 1 aromatic carbocycles. The molecule has 0 spiro atoms. The molecule has 0 aliphatic heterocycles. The van der Waals surface area contributed by atoms with Crippen LogP contribution in [-0.2, 0) is 0 Å². The van der Waals surface area contributed by atoms with Crippen LogP contribution in [0.1, 0.15) is 17.1 Å². The van der Waals surface area contributed by atoms with Crippen molar-refractivity contribution in [3.05, 3.63) is 45.6 Å². The number of hydrogen-bond acceptors (Lipinski definition) is 3. The Balaban J connectivity index is 2.48. The van der Waals surface area contributed by atoms with Crippen molar-refractivity contribution >= 4 is 32.8 Å². The zero-order valence-corrected chi connectivity index (χ0v) is 13.5. The Morgan fingerprint density at radius 1 is 1.19 bits per heavy atom. The number of aryl methyl sites for hydroxylation is 2. The Bertz CT molecular complexity index is 870. The largest absolute Gasteiger partial charge is 0.383 e. The van der Waals surface area contributed by atoms with Crippen LogP contribution in [0.2, 0.25) is 0 Å². The first-order chi connectivity index (χ1) is 9.90. The third-order valence-electron chi connectivity index (χ3n) is 3.64. The van der Waals surface area contributed by atoms with Gasteiger partial charge in [-0.3, -0.25) is 4.57 Å². The van der Waals surface area contributed by atoms with E-state index in [2.05, 4.69) is 25.9 Å². The van der Waals surface area contributed by atoms with E-state index in [-0.39, 0.29) is 5.82 Å². The van der Waals surface area contributed by atoms with E-state index < -0.39 is 0 Å². The Kier molecular flexibility index (Phi) is 3.20. The monoisotopic (exact) mass is 348 g/mol. The van der Waals surface area contributed by atoms with Crippen LogP contribution in [0.25, 0.3) is 16.7 Å². The summed E-state index contributed by atoms with van der Waals surface area (Å²) in [5.74, 6) is 0.675. The highest BCUT2D eigenvalue weighted by Gasteiger charge is 2.19. The molecule has 0 saturated heterocycles. The molecule has 0 atom stereocenters. The Labute approximate surface area is 129 Å². The maximum absolute atomic E-state index is 14.3. The highest BCUT2D eigenvalue weighted by Crippen LogP contribution is 2.32. The van der Waals surface area contributed by atoms with Crippen LogP contribution in [0, 0.1) is 26.6 Å². The van der Waals surface area contributed by atoms with Gasteiger partial charge in [-0.15, -0.1) is 0 Å². The molecule has 3 rings (SSSR count). The lowest BCUT2D eigenvalue weighted by Crippen LogP contribution is -2.03. The van der Waals surface area contributed by atoms with Gasteiger partial charge in [-0.05, 0) is 44.5 Å². The van der Waals surface area contributed by atoms with Crippen molar-refractivity contribution in [2.24, 2.45) is 0 Å². The molecule has 0 aliphatic carbocycles. The minimum atomic E-state index is -0.312. The molecule has 4 nitrogen and oxygen atoms in total. The highest BCUT2D eigenvalue weighted by molar-refractivity contribution is 9.10. The van der Waals surface area contributed by atoms with Gasteiger partial charge in [-0.2, -0.15) is 0 Å². The minimum absolute atomic E-state index is 0.312. The van der Waals surface area contributed by atoms with Crippen molar-refractivity contribution in [2.45, 2.75) is 20.8 Å². The summed E-state index contributed by atoms with van der Waals surface area (Å²) in [6.45, 7) is 5.64. The maximum atomic E-state index is 14.3. The van der Waals surface area contributed by atoms with Crippen LogP contribution >= 0.6 is 15.9 Å². The van der Waals surface area contributed by atoms with E-state index in [1.807, 2.05) is 13.8 Å². The molecular weight excluding hydrogens is 335 g/mol. The van der Waals surface area contributed by atoms with E-state index >= 15 is 0 Å². The van der Waals surface area contributed by atoms with Gasteiger partial charge in [0.15, 0.2) is 5.65 Å². The number of aromatic nitrogens is 3. The smallest absolute Gasteiger partial charge is 0.150 e. The minimum Gasteiger partial charge on any atom is -0.383 e. The lowest BCUT2D eigenvalue weighted by atomic mass is 10.2. The standard InChI is InChI=1S/C15H14BrFN4/c1-7-8(2)21(12-6-10(16)4-5-11(12)17)15-13(7)14(18)19-9(3)20-15/h4-6H,1-3H3,(H2,18,19,20). The summed E-state index contributed by atoms with van der Waals surface area (Å²) in [6.07, 6.45) is 0. The molecule has 0 unspecified atom stereocenters. The van der Waals surface area contributed by atoms with E-state index in [1.54, 1.807) is 23.6 Å². The van der Waals surface area contributed by atoms with Gasteiger partial charge >= 0.3 is 0 Å². The van der Waals surface area contributed by atoms with Crippen LogP contribution in [0.3, 0.4) is 0 Å². The molecule has 0 radical (unpaired) electrons. The summed E-state index contributed by atoms with van der Waals surface area (Å²) in [5.41, 5.74) is 8.95. The Morgan fingerprint density at radius 3 is 2.62 bits per heavy atom. The summed E-state index contributed by atoms with van der Waals surface area (Å²) in [7, 11) is 0. The van der Waals surface area contributed by atoms with Gasteiger partial charge in [-0.1, -0.05) is 15.9 Å². The molecule has 0 bridgehead atoms. The van der Waals surface area contributed by atoms with E-state index in [9.17, 15) is 4.39 Å². The van der Waals surface area contributed by atoms with Crippen LogP contribution in [-0.4, -0.2) is 14.5 Å². The van der Waals surface area contributed by atoms with Gasteiger partial charge in [0.25, 0.3) is 0 Å². The third-order valence-corrected chi connectivity index (χ3v) is 4.14. The maximum Gasteiger partial charge on any atom is 0.150 e. The van der Waals surface area contributed by atoms with Crippen LogP contribution < -0.4 is 5.73 Å². The molecule has 6 heteroatoms. The molecule has 21 heavy (non-hydrogen) atoms. The SMILES string of the molecule is Cc1nc(N)c2c(C)c(C)n(-c3cc(Br)ccc3F)c2n1. The number of nitrogen functional groups attached to an aromatic ring is 1. The molecule has 108 valence electrons. The Hall–Kier alpha value is -1.95. The van der Waals surface area contributed by atoms with E-state index in [0.717, 1.165) is 21.1 Å². The normalized spacial score (nSPS) is 11.3. The van der Waals surface area contributed by atoms with Crippen molar-refractivity contribution in [2.75, 3.05) is 5.73 Å². The van der Waals surface area contributed by atoms with Crippen molar-refractivity contribution in [1.82, 2.24) is 14.5 Å². The zero-order chi connectivity index (χ0) is 15.3. The molecule has 2 N–H and O–H groups in total. The quantitative estimate of drug-likeness (QED) is 0.726. The summed E-state index contributed by atoms with van der Waals surface area (Å²) in [5, 5.41) is 0.775. The molecule has 0 aliphatic rings. The highest BCUT2D eigenvalue weighted by atomic mass is 79.9. The number of anilines is 1. The number of hydrogen-bond donors (Lipinski definition) is 1. The summed E-state index contributed by atoms with van der Waals surface area (Å²) in [4.78, 5) is 8.66. The molecule has 0 fully saturated rings. The molecule has 2 aromatic heterocycles. The predicted molar refractivity (Wildman–Crippen MR) is 85.1 cm³/mol. The second-order valence-electron chi connectivity index (χ2n) is 5.00. The van der Waals surface area contributed by atoms with Crippen molar-refractivity contribution in [1.29, 1.82) is 0 Å². The van der Waals surface area contributed by atoms with Crippen molar-refractivity contribution in [3.63, 3.8) is 0 Å². The first kappa shape index (κ1) is 14.0. The van der Waals surface area contributed by atoms with Gasteiger partial charge in [0.2, 0.25) is 0 Å². The first-order valence-electron chi connectivity index (χ1n) is 6.47. The second kappa shape index (κ2) is 4.80. The van der Waals surface area contributed by atoms with Crippen LogP contribution in [0.15, 0.2) is 22.7 Å². The van der Waals surface area contributed by atoms with E-state index in [0.29, 0.717) is 23.0 Å². The van der Waals surface area contributed by atoms with E-state index in [4.69, 9.17) is 5.73 Å². The summed E-state index contributed by atoms with van der Waals surface area (Å²) >= 11 is 3.38. The fraction of sp³-hybridized carbons (Fsp3) is 0.200. The summed E-state index contributed by atoms with van der Waals surface area (Å²) < 4.78 is 16.8. The van der Waals surface area contributed by atoms with Crippen LogP contribution in [0.4, 0.5) is 10.2 Å². The van der Waals surface area contributed by atoms with Gasteiger partial charge in [-0.25, -0.2) is 14.4 Å². The number of halogens is 2. The van der Waals surface area contributed by atoms with Gasteiger partial charge in [0, 0.05) is 10.2 Å². The Morgan fingerprint density at radius 2 is 1.90 bits per heavy atom. The lowest BCUT2D eigenvalue weighted by molar-refractivity contribution is 0.617. The lowest BCUT2D eigenvalue weighted by Gasteiger charge is -2.10. The fourth-order valence-electron chi connectivity index (χ4n) is 2.56. The van der Waals surface area contributed by atoms with Crippen LogP contribution in [0.5, 0.6) is 0 Å². The van der Waals surface area contributed by atoms with Gasteiger partial charge in [0.05, 0.1) is 11.1 Å². The third kappa shape index (κ3) is 2.10. The molecular formula is C15H14BrFN4. The van der Waals surface area contributed by atoms with E-state index in [1.165, 1.54) is 6.07 Å². The first-order valence-corrected chi connectivity index (χ1v) is 7.26. The van der Waals surface area contributed by atoms with Gasteiger partial charge < -0.3 is 5.73 Å². The second-order valence-corrected chi connectivity index (χ2v) is 5.91. The van der Waals surface area contributed by atoms with Crippen molar-refractivity contribution in [3.8, 4) is 5.69 Å². The van der Waals surface area contributed by atoms with Crippen molar-refractivity contribution < 1.29 is 4.39 Å². The fourth-order valence-corrected chi connectivity index (χ4v) is 2.91. The number of fused-ring (bicyclic) bond motifs is 1. The molecule has 3 aromatic rings. The number of benzene rings is 1. The molecule has 0 saturated carbocycles. The molecule has 2 heterocycles. The zero-order valence-electron chi connectivity index (χ0n) is 11.9. The predicted octanol–water partition coefficient (Wildman–Crippen LogP) is 3.83. The van der Waals surface area contributed by atoms with Gasteiger partial charge in [0.1, 0.15) is 17.5 Å². The topological polar surface area (TPSA) is 56.7 Å². The average molecular weight is 349 g/mol.